The van der Waals surface area contributed by atoms with Gasteiger partial charge in [0.05, 0.1) is 0 Å². The SMILES string of the molecule is CCCN(CC)c1nccc(CN)c1F. The minimum absolute atomic E-state index is 0.213. The van der Waals surface area contributed by atoms with E-state index in [0.29, 0.717) is 11.4 Å². The molecule has 0 spiro atoms. The van der Waals surface area contributed by atoms with Crippen LogP contribution in [0, 0.1) is 5.82 Å². The van der Waals surface area contributed by atoms with Gasteiger partial charge in [0.2, 0.25) is 0 Å². The molecule has 0 atom stereocenters. The Morgan fingerprint density at radius 3 is 2.73 bits per heavy atom. The third-order valence-corrected chi connectivity index (χ3v) is 2.35. The molecule has 0 aromatic carbocycles. The molecular weight excluding hydrogens is 193 g/mol. The molecule has 0 unspecified atom stereocenters. The monoisotopic (exact) mass is 211 g/mol. The highest BCUT2D eigenvalue weighted by molar-refractivity contribution is 5.42. The van der Waals surface area contributed by atoms with Crippen LogP contribution < -0.4 is 10.6 Å². The van der Waals surface area contributed by atoms with Crippen LogP contribution in [0.25, 0.3) is 0 Å². The Balaban J connectivity index is 3.01. The van der Waals surface area contributed by atoms with E-state index in [9.17, 15) is 4.39 Å². The van der Waals surface area contributed by atoms with E-state index in [0.717, 1.165) is 19.5 Å². The van der Waals surface area contributed by atoms with Crippen molar-refractivity contribution in [2.45, 2.75) is 26.8 Å². The summed E-state index contributed by atoms with van der Waals surface area (Å²) < 4.78 is 13.8. The summed E-state index contributed by atoms with van der Waals surface area (Å²) in [5.74, 6) is 0.137. The Bertz CT molecular complexity index is 315. The van der Waals surface area contributed by atoms with E-state index in [4.69, 9.17) is 5.73 Å². The Hall–Kier alpha value is -1.16. The maximum atomic E-state index is 13.8. The van der Waals surface area contributed by atoms with Gasteiger partial charge >= 0.3 is 0 Å². The molecular formula is C11H18FN3. The maximum absolute atomic E-state index is 13.8. The largest absolute Gasteiger partial charge is 0.354 e. The quantitative estimate of drug-likeness (QED) is 0.809. The van der Waals surface area contributed by atoms with E-state index in [1.807, 2.05) is 11.8 Å². The van der Waals surface area contributed by atoms with Gasteiger partial charge in [-0.15, -0.1) is 0 Å². The number of nitrogens with zero attached hydrogens (tertiary/aromatic N) is 2. The third kappa shape index (κ3) is 2.65. The summed E-state index contributed by atoms with van der Waals surface area (Å²) in [6.07, 6.45) is 2.58. The van der Waals surface area contributed by atoms with Gasteiger partial charge in [0.1, 0.15) is 0 Å². The lowest BCUT2D eigenvalue weighted by Gasteiger charge is -2.22. The van der Waals surface area contributed by atoms with Crippen molar-refractivity contribution in [3.63, 3.8) is 0 Å². The van der Waals surface area contributed by atoms with Crippen molar-refractivity contribution in [2.24, 2.45) is 5.73 Å². The highest BCUT2D eigenvalue weighted by atomic mass is 19.1. The highest BCUT2D eigenvalue weighted by Gasteiger charge is 2.13. The van der Waals surface area contributed by atoms with Crippen LogP contribution in [0.4, 0.5) is 10.2 Å². The molecule has 1 aromatic rings. The van der Waals surface area contributed by atoms with Crippen molar-refractivity contribution in [2.75, 3.05) is 18.0 Å². The van der Waals surface area contributed by atoms with Gasteiger partial charge in [-0.3, -0.25) is 0 Å². The molecule has 0 saturated heterocycles. The number of pyridine rings is 1. The van der Waals surface area contributed by atoms with Gasteiger partial charge < -0.3 is 10.6 Å². The van der Waals surface area contributed by atoms with E-state index < -0.39 is 0 Å². The first-order valence-electron chi connectivity index (χ1n) is 5.32. The van der Waals surface area contributed by atoms with Crippen LogP contribution in [0.5, 0.6) is 0 Å². The number of hydrogen-bond acceptors (Lipinski definition) is 3. The van der Waals surface area contributed by atoms with Crippen LogP contribution in [0.1, 0.15) is 25.8 Å². The second-order valence-corrected chi connectivity index (χ2v) is 3.39. The average Bonchev–Trinajstić information content (AvgIpc) is 2.27. The van der Waals surface area contributed by atoms with Crippen LogP contribution >= 0.6 is 0 Å². The standard InChI is InChI=1S/C11H18FN3/c1-3-7-15(4-2)11-10(12)9(8-13)5-6-14-11/h5-6H,3-4,7-8,13H2,1-2H3. The summed E-state index contributed by atoms with van der Waals surface area (Å²) in [6, 6.07) is 1.62. The fourth-order valence-corrected chi connectivity index (χ4v) is 1.53. The molecule has 1 rings (SSSR count). The van der Waals surface area contributed by atoms with Crippen LogP contribution in [0.3, 0.4) is 0 Å². The molecule has 0 aliphatic heterocycles. The zero-order valence-corrected chi connectivity index (χ0v) is 9.33. The molecule has 2 N–H and O–H groups in total. The van der Waals surface area contributed by atoms with Crippen LogP contribution in [0.15, 0.2) is 12.3 Å². The van der Waals surface area contributed by atoms with Crippen molar-refractivity contribution < 1.29 is 4.39 Å². The molecule has 3 nitrogen and oxygen atoms in total. The summed E-state index contributed by atoms with van der Waals surface area (Å²) in [5, 5.41) is 0. The molecule has 0 amide bonds. The van der Waals surface area contributed by atoms with Crippen LogP contribution in [-0.2, 0) is 6.54 Å². The van der Waals surface area contributed by atoms with Crippen LogP contribution in [-0.4, -0.2) is 18.1 Å². The van der Waals surface area contributed by atoms with Gasteiger partial charge in [-0.25, -0.2) is 9.37 Å². The highest BCUT2D eigenvalue weighted by Crippen LogP contribution is 2.19. The van der Waals surface area contributed by atoms with Gasteiger partial charge in [-0.1, -0.05) is 6.92 Å². The molecule has 84 valence electrons. The van der Waals surface area contributed by atoms with Crippen molar-refractivity contribution >= 4 is 5.82 Å². The molecule has 4 heteroatoms. The Morgan fingerprint density at radius 2 is 2.20 bits per heavy atom. The lowest BCUT2D eigenvalue weighted by atomic mass is 10.2. The zero-order valence-electron chi connectivity index (χ0n) is 9.33. The molecule has 0 radical (unpaired) electrons. The summed E-state index contributed by atoms with van der Waals surface area (Å²) in [7, 11) is 0. The summed E-state index contributed by atoms with van der Waals surface area (Å²) >= 11 is 0. The molecule has 15 heavy (non-hydrogen) atoms. The number of rotatable bonds is 5. The predicted octanol–water partition coefficient (Wildman–Crippen LogP) is 1.92. The first-order valence-corrected chi connectivity index (χ1v) is 5.32. The predicted molar refractivity (Wildman–Crippen MR) is 60.3 cm³/mol. The van der Waals surface area contributed by atoms with E-state index >= 15 is 0 Å². The van der Waals surface area contributed by atoms with Crippen molar-refractivity contribution in [1.29, 1.82) is 0 Å². The van der Waals surface area contributed by atoms with Crippen molar-refractivity contribution in [3.8, 4) is 0 Å². The first-order chi connectivity index (χ1) is 7.24. The molecule has 0 saturated carbocycles. The molecule has 1 heterocycles. The number of halogens is 1. The summed E-state index contributed by atoms with van der Waals surface area (Å²) in [5.41, 5.74) is 5.97. The van der Waals surface area contributed by atoms with Gasteiger partial charge in [0.15, 0.2) is 11.6 Å². The van der Waals surface area contributed by atoms with E-state index in [2.05, 4.69) is 11.9 Å². The molecule has 0 aliphatic rings. The normalized spacial score (nSPS) is 10.4. The van der Waals surface area contributed by atoms with E-state index in [-0.39, 0.29) is 12.4 Å². The number of aromatic nitrogens is 1. The molecule has 0 fully saturated rings. The molecule has 1 aromatic heterocycles. The minimum atomic E-state index is -0.282. The minimum Gasteiger partial charge on any atom is -0.354 e. The topological polar surface area (TPSA) is 42.2 Å². The first kappa shape index (κ1) is 11.9. The lowest BCUT2D eigenvalue weighted by molar-refractivity contribution is 0.593. The zero-order chi connectivity index (χ0) is 11.3. The number of nitrogens with two attached hydrogens (primary N) is 1. The molecule has 0 aliphatic carbocycles. The Labute approximate surface area is 90.1 Å². The average molecular weight is 211 g/mol. The van der Waals surface area contributed by atoms with Crippen molar-refractivity contribution in [3.05, 3.63) is 23.6 Å². The lowest BCUT2D eigenvalue weighted by Crippen LogP contribution is -2.26. The Kier molecular flexibility index (Phi) is 4.49. The van der Waals surface area contributed by atoms with Gasteiger partial charge in [0.25, 0.3) is 0 Å². The van der Waals surface area contributed by atoms with Gasteiger partial charge in [-0.05, 0) is 19.4 Å². The summed E-state index contributed by atoms with van der Waals surface area (Å²) in [4.78, 5) is 6.00. The fourth-order valence-electron chi connectivity index (χ4n) is 1.53. The van der Waals surface area contributed by atoms with E-state index in [1.165, 1.54) is 0 Å². The van der Waals surface area contributed by atoms with Crippen molar-refractivity contribution in [1.82, 2.24) is 4.98 Å². The second kappa shape index (κ2) is 5.66. The maximum Gasteiger partial charge on any atom is 0.170 e. The fraction of sp³-hybridized carbons (Fsp3) is 0.545. The van der Waals surface area contributed by atoms with E-state index in [1.54, 1.807) is 12.3 Å². The second-order valence-electron chi connectivity index (χ2n) is 3.39. The van der Waals surface area contributed by atoms with Crippen LogP contribution in [0.2, 0.25) is 0 Å². The number of hydrogen-bond donors (Lipinski definition) is 1. The Morgan fingerprint density at radius 1 is 1.47 bits per heavy atom. The smallest absolute Gasteiger partial charge is 0.170 e. The summed E-state index contributed by atoms with van der Waals surface area (Å²) in [6.45, 7) is 5.84. The van der Waals surface area contributed by atoms with Gasteiger partial charge in [-0.2, -0.15) is 0 Å². The number of anilines is 1. The molecule has 0 bridgehead atoms. The third-order valence-electron chi connectivity index (χ3n) is 2.35. The van der Waals surface area contributed by atoms with Gasteiger partial charge in [0, 0.05) is 31.4 Å².